The standard InChI is InChI=1S/C9H19N3OS/c10-9(12-13)2-1-5-11-8-3-6-14-7-4-8/h8,11,13H,1-7H2,(H2,10,12). The normalized spacial score (nSPS) is 19.9. The minimum atomic E-state index is 0.325. The van der Waals surface area contributed by atoms with Crippen molar-refractivity contribution >= 4 is 17.6 Å². The van der Waals surface area contributed by atoms with E-state index < -0.39 is 0 Å². The third-order valence-corrected chi connectivity index (χ3v) is 3.44. The predicted molar refractivity (Wildman–Crippen MR) is 61.0 cm³/mol. The molecule has 1 saturated heterocycles. The van der Waals surface area contributed by atoms with Gasteiger partial charge in [0.15, 0.2) is 0 Å². The van der Waals surface area contributed by atoms with E-state index in [0.29, 0.717) is 18.3 Å². The lowest BCUT2D eigenvalue weighted by molar-refractivity contribution is 0.316. The van der Waals surface area contributed by atoms with Crippen molar-refractivity contribution < 1.29 is 5.21 Å². The van der Waals surface area contributed by atoms with Crippen LogP contribution in [0.15, 0.2) is 5.16 Å². The Balaban J connectivity index is 1.97. The Kier molecular flexibility index (Phi) is 5.78. The molecular weight excluding hydrogens is 198 g/mol. The van der Waals surface area contributed by atoms with Gasteiger partial charge in [0.2, 0.25) is 0 Å². The molecule has 1 aliphatic heterocycles. The highest BCUT2D eigenvalue weighted by Crippen LogP contribution is 2.16. The van der Waals surface area contributed by atoms with Crippen LogP contribution in [0.1, 0.15) is 25.7 Å². The number of nitrogens with zero attached hydrogens (tertiary/aromatic N) is 1. The molecule has 14 heavy (non-hydrogen) atoms. The van der Waals surface area contributed by atoms with Gasteiger partial charge in [0.25, 0.3) is 0 Å². The molecule has 0 aromatic carbocycles. The molecular formula is C9H19N3OS. The summed E-state index contributed by atoms with van der Waals surface area (Å²) in [6, 6.07) is 0.684. The van der Waals surface area contributed by atoms with E-state index in [1.54, 1.807) is 0 Å². The number of nitrogens with one attached hydrogen (secondary N) is 1. The van der Waals surface area contributed by atoms with Crippen LogP contribution in [-0.4, -0.2) is 35.1 Å². The van der Waals surface area contributed by atoms with E-state index in [-0.39, 0.29) is 0 Å². The zero-order chi connectivity index (χ0) is 10.2. The van der Waals surface area contributed by atoms with Gasteiger partial charge in [0.05, 0.1) is 0 Å². The summed E-state index contributed by atoms with van der Waals surface area (Å²) in [5, 5.41) is 14.8. The van der Waals surface area contributed by atoms with E-state index in [1.165, 1.54) is 24.3 Å². The summed E-state index contributed by atoms with van der Waals surface area (Å²) in [6.07, 6.45) is 4.16. The maximum atomic E-state index is 8.32. The Labute approximate surface area is 89.3 Å². The van der Waals surface area contributed by atoms with E-state index >= 15 is 0 Å². The summed E-state index contributed by atoms with van der Waals surface area (Å²) < 4.78 is 0. The molecule has 0 unspecified atom stereocenters. The van der Waals surface area contributed by atoms with E-state index in [0.717, 1.165) is 13.0 Å². The molecule has 0 aliphatic carbocycles. The minimum absolute atomic E-state index is 0.325. The third kappa shape index (κ3) is 4.72. The zero-order valence-corrected chi connectivity index (χ0v) is 9.22. The second-order valence-corrected chi connectivity index (χ2v) is 4.76. The van der Waals surface area contributed by atoms with Crippen molar-refractivity contribution in [2.75, 3.05) is 18.1 Å². The van der Waals surface area contributed by atoms with Crippen LogP contribution in [0.5, 0.6) is 0 Å². The number of nitrogens with two attached hydrogens (primary N) is 1. The van der Waals surface area contributed by atoms with Gasteiger partial charge >= 0.3 is 0 Å². The van der Waals surface area contributed by atoms with Gasteiger partial charge in [-0.25, -0.2) is 0 Å². The van der Waals surface area contributed by atoms with Crippen LogP contribution in [0, 0.1) is 0 Å². The summed E-state index contributed by atoms with van der Waals surface area (Å²) in [5.41, 5.74) is 5.36. The van der Waals surface area contributed by atoms with Crippen LogP contribution in [0.4, 0.5) is 0 Å². The Morgan fingerprint density at radius 1 is 1.50 bits per heavy atom. The molecule has 0 spiro atoms. The average Bonchev–Trinajstić information content (AvgIpc) is 2.25. The second kappa shape index (κ2) is 6.95. The fourth-order valence-corrected chi connectivity index (χ4v) is 2.63. The summed E-state index contributed by atoms with van der Waals surface area (Å²) in [5.74, 6) is 2.88. The molecule has 0 saturated carbocycles. The van der Waals surface area contributed by atoms with Gasteiger partial charge in [-0.05, 0) is 37.3 Å². The molecule has 1 rings (SSSR count). The van der Waals surface area contributed by atoms with Crippen molar-refractivity contribution in [3.63, 3.8) is 0 Å². The molecule has 4 nitrogen and oxygen atoms in total. The molecule has 5 heteroatoms. The second-order valence-electron chi connectivity index (χ2n) is 3.54. The number of amidine groups is 1. The molecule has 0 aromatic heterocycles. The highest BCUT2D eigenvalue weighted by Gasteiger charge is 2.11. The zero-order valence-electron chi connectivity index (χ0n) is 8.41. The molecule has 82 valence electrons. The molecule has 0 aromatic rings. The molecule has 0 bridgehead atoms. The van der Waals surface area contributed by atoms with Crippen LogP contribution in [0.2, 0.25) is 0 Å². The molecule has 4 N–H and O–H groups in total. The Morgan fingerprint density at radius 2 is 2.21 bits per heavy atom. The maximum Gasteiger partial charge on any atom is 0.139 e. The van der Waals surface area contributed by atoms with Gasteiger partial charge in [-0.15, -0.1) is 0 Å². The van der Waals surface area contributed by atoms with Crippen molar-refractivity contribution in [2.24, 2.45) is 10.9 Å². The fraction of sp³-hybridized carbons (Fsp3) is 0.889. The number of hydrogen-bond acceptors (Lipinski definition) is 4. The fourth-order valence-electron chi connectivity index (χ4n) is 1.53. The van der Waals surface area contributed by atoms with Crippen LogP contribution >= 0.6 is 11.8 Å². The van der Waals surface area contributed by atoms with Crippen LogP contribution in [-0.2, 0) is 0 Å². The van der Waals surface area contributed by atoms with Gasteiger partial charge in [-0.2, -0.15) is 11.8 Å². The van der Waals surface area contributed by atoms with E-state index in [4.69, 9.17) is 10.9 Å². The van der Waals surface area contributed by atoms with Crippen molar-refractivity contribution in [2.45, 2.75) is 31.7 Å². The van der Waals surface area contributed by atoms with Gasteiger partial charge in [0, 0.05) is 12.5 Å². The molecule has 0 atom stereocenters. The number of rotatable bonds is 5. The first-order chi connectivity index (χ1) is 6.83. The largest absolute Gasteiger partial charge is 0.409 e. The van der Waals surface area contributed by atoms with E-state index in [1.807, 2.05) is 11.8 Å². The van der Waals surface area contributed by atoms with Gasteiger partial charge in [-0.1, -0.05) is 5.16 Å². The van der Waals surface area contributed by atoms with Crippen molar-refractivity contribution in [3.05, 3.63) is 0 Å². The number of oxime groups is 1. The summed E-state index contributed by atoms with van der Waals surface area (Å²) in [4.78, 5) is 0. The summed E-state index contributed by atoms with van der Waals surface area (Å²) in [6.45, 7) is 0.964. The molecule has 1 aliphatic rings. The van der Waals surface area contributed by atoms with Gasteiger partial charge in [-0.3, -0.25) is 0 Å². The number of thioether (sulfide) groups is 1. The third-order valence-electron chi connectivity index (χ3n) is 2.39. The maximum absolute atomic E-state index is 8.32. The monoisotopic (exact) mass is 217 g/mol. The Morgan fingerprint density at radius 3 is 2.86 bits per heavy atom. The lowest BCUT2D eigenvalue weighted by atomic mass is 10.1. The first-order valence-corrected chi connectivity index (χ1v) is 6.26. The van der Waals surface area contributed by atoms with Crippen LogP contribution in [0.25, 0.3) is 0 Å². The van der Waals surface area contributed by atoms with Crippen molar-refractivity contribution in [1.29, 1.82) is 0 Å². The Hall–Kier alpha value is -0.420. The van der Waals surface area contributed by atoms with Crippen LogP contribution in [0.3, 0.4) is 0 Å². The summed E-state index contributed by atoms with van der Waals surface area (Å²) in [7, 11) is 0. The first-order valence-electron chi connectivity index (χ1n) is 5.10. The number of hydrogen-bond donors (Lipinski definition) is 3. The molecule has 1 heterocycles. The SMILES string of the molecule is NC(CCCNC1CCSCC1)=NO. The topological polar surface area (TPSA) is 70.6 Å². The predicted octanol–water partition coefficient (Wildman–Crippen LogP) is 0.998. The average molecular weight is 217 g/mol. The first kappa shape index (κ1) is 11.7. The lowest BCUT2D eigenvalue weighted by Gasteiger charge is -2.22. The van der Waals surface area contributed by atoms with Gasteiger partial charge in [0.1, 0.15) is 5.84 Å². The van der Waals surface area contributed by atoms with Gasteiger partial charge < -0.3 is 16.3 Å². The van der Waals surface area contributed by atoms with Crippen molar-refractivity contribution in [3.8, 4) is 0 Å². The minimum Gasteiger partial charge on any atom is -0.409 e. The molecule has 1 fully saturated rings. The quantitative estimate of drug-likeness (QED) is 0.211. The van der Waals surface area contributed by atoms with E-state index in [2.05, 4.69) is 10.5 Å². The molecule has 0 amide bonds. The smallest absolute Gasteiger partial charge is 0.139 e. The highest BCUT2D eigenvalue weighted by molar-refractivity contribution is 7.99. The van der Waals surface area contributed by atoms with Crippen LogP contribution < -0.4 is 11.1 Å². The summed E-state index contributed by atoms with van der Waals surface area (Å²) >= 11 is 2.03. The van der Waals surface area contributed by atoms with E-state index in [9.17, 15) is 0 Å². The van der Waals surface area contributed by atoms with Crippen molar-refractivity contribution in [1.82, 2.24) is 5.32 Å². The molecule has 0 radical (unpaired) electrons. The lowest BCUT2D eigenvalue weighted by Crippen LogP contribution is -2.33. The Bertz CT molecular complexity index is 181. The highest BCUT2D eigenvalue weighted by atomic mass is 32.2.